The number of hydrogen-bond acceptors (Lipinski definition) is 4. The Labute approximate surface area is 171 Å². The van der Waals surface area contributed by atoms with Gasteiger partial charge in [-0.05, 0) is 56.0 Å². The fourth-order valence-corrected chi connectivity index (χ4v) is 4.73. The second-order valence-corrected chi connectivity index (χ2v) is 8.01. The molecule has 4 rings (SSSR count). The Kier molecular flexibility index (Phi) is 6.43. The van der Waals surface area contributed by atoms with Gasteiger partial charge in [-0.3, -0.25) is 15.8 Å². The highest BCUT2D eigenvalue weighted by Gasteiger charge is 2.37. The minimum absolute atomic E-state index is 0.130. The van der Waals surface area contributed by atoms with Crippen LogP contribution in [0.1, 0.15) is 36.8 Å². The molecule has 2 aromatic rings. The fraction of sp³-hybridized carbons (Fsp3) is 0.478. The monoisotopic (exact) mass is 401 g/mol. The molecule has 2 fully saturated rings. The highest BCUT2D eigenvalue weighted by atomic mass is 19.2. The summed E-state index contributed by atoms with van der Waals surface area (Å²) in [5.74, 6) is -0.0358. The van der Waals surface area contributed by atoms with Gasteiger partial charge in [-0.25, -0.2) is 8.78 Å². The fourth-order valence-electron chi connectivity index (χ4n) is 4.73. The van der Waals surface area contributed by atoms with Crippen LogP contribution in [0.25, 0.3) is 0 Å². The lowest BCUT2D eigenvalue weighted by Gasteiger charge is -2.37. The Hall–Kier alpha value is -2.02. The van der Waals surface area contributed by atoms with Crippen molar-refractivity contribution in [3.8, 4) is 5.75 Å². The van der Waals surface area contributed by atoms with Crippen LogP contribution < -0.4 is 15.6 Å². The molecule has 2 saturated heterocycles. The topological polar surface area (TPSA) is 36.5 Å². The highest BCUT2D eigenvalue weighted by molar-refractivity contribution is 5.33. The van der Waals surface area contributed by atoms with Crippen molar-refractivity contribution in [1.29, 1.82) is 0 Å². The predicted octanol–water partition coefficient (Wildman–Crippen LogP) is 3.84. The molecule has 0 aliphatic carbocycles. The molecule has 0 radical (unpaired) electrons. The molecule has 0 amide bonds. The van der Waals surface area contributed by atoms with Gasteiger partial charge in [0, 0.05) is 37.2 Å². The minimum Gasteiger partial charge on any atom is -0.494 e. The Balaban J connectivity index is 1.46. The van der Waals surface area contributed by atoms with E-state index in [1.807, 2.05) is 19.1 Å². The van der Waals surface area contributed by atoms with Crippen LogP contribution in [-0.4, -0.2) is 37.2 Å². The summed E-state index contributed by atoms with van der Waals surface area (Å²) in [5.41, 5.74) is 8.71. The Morgan fingerprint density at radius 1 is 1.14 bits per heavy atom. The average Bonchev–Trinajstić information content (AvgIpc) is 3.22. The maximum atomic E-state index is 13.8. The van der Waals surface area contributed by atoms with Gasteiger partial charge in [-0.1, -0.05) is 24.3 Å². The second kappa shape index (κ2) is 9.20. The summed E-state index contributed by atoms with van der Waals surface area (Å²) < 4.78 is 32.9. The molecule has 0 bridgehead atoms. The number of para-hydroxylation sites is 1. The summed E-state index contributed by atoms with van der Waals surface area (Å²) in [7, 11) is 0. The van der Waals surface area contributed by atoms with Crippen LogP contribution in [0.5, 0.6) is 5.75 Å². The average molecular weight is 402 g/mol. The van der Waals surface area contributed by atoms with Crippen LogP contribution in [-0.2, 0) is 6.54 Å². The van der Waals surface area contributed by atoms with Gasteiger partial charge in [-0.15, -0.1) is 0 Å². The molecule has 6 heteroatoms. The number of likely N-dealkylation sites (tertiary alicyclic amines) is 1. The first-order valence-electron chi connectivity index (χ1n) is 10.5. The number of hydrogen-bond donors (Lipinski definition) is 2. The molecule has 3 unspecified atom stereocenters. The first-order chi connectivity index (χ1) is 14.2. The number of rotatable bonds is 6. The van der Waals surface area contributed by atoms with E-state index in [2.05, 4.69) is 27.9 Å². The lowest BCUT2D eigenvalue weighted by Crippen LogP contribution is -2.46. The van der Waals surface area contributed by atoms with E-state index < -0.39 is 11.6 Å². The quantitative estimate of drug-likeness (QED) is 0.771. The van der Waals surface area contributed by atoms with Gasteiger partial charge in [0.2, 0.25) is 0 Å². The van der Waals surface area contributed by atoms with E-state index in [1.165, 1.54) is 17.7 Å². The highest BCUT2D eigenvalue weighted by Crippen LogP contribution is 2.33. The van der Waals surface area contributed by atoms with Crippen molar-refractivity contribution in [2.45, 2.75) is 38.3 Å². The molecule has 2 heterocycles. The summed E-state index contributed by atoms with van der Waals surface area (Å²) in [6, 6.07) is 12.7. The van der Waals surface area contributed by atoms with Gasteiger partial charge in [-0.2, -0.15) is 0 Å². The largest absolute Gasteiger partial charge is 0.494 e. The van der Waals surface area contributed by atoms with E-state index in [1.54, 1.807) is 6.07 Å². The number of hydrazine groups is 1. The van der Waals surface area contributed by atoms with E-state index in [-0.39, 0.29) is 12.0 Å². The molecule has 4 nitrogen and oxygen atoms in total. The third kappa shape index (κ3) is 4.60. The molecule has 2 aliphatic rings. The van der Waals surface area contributed by atoms with Crippen LogP contribution >= 0.6 is 0 Å². The van der Waals surface area contributed by atoms with E-state index in [9.17, 15) is 8.78 Å². The lowest BCUT2D eigenvalue weighted by molar-refractivity contribution is 0.138. The van der Waals surface area contributed by atoms with Gasteiger partial charge in [0.15, 0.2) is 11.6 Å². The summed E-state index contributed by atoms with van der Waals surface area (Å²) in [6.07, 6.45) is 2.26. The molecular formula is C23H29F2N3O. The van der Waals surface area contributed by atoms with E-state index in [0.29, 0.717) is 12.5 Å². The maximum Gasteiger partial charge on any atom is 0.159 e. The normalized spacial score (nSPS) is 25.3. The smallest absolute Gasteiger partial charge is 0.159 e. The number of benzene rings is 2. The van der Waals surface area contributed by atoms with Crippen molar-refractivity contribution in [2.24, 2.45) is 5.92 Å². The van der Waals surface area contributed by atoms with Gasteiger partial charge in [0.25, 0.3) is 0 Å². The van der Waals surface area contributed by atoms with E-state index in [4.69, 9.17) is 4.74 Å². The molecular weight excluding hydrogens is 372 g/mol. The second-order valence-electron chi connectivity index (χ2n) is 8.01. The summed E-state index contributed by atoms with van der Waals surface area (Å²) >= 11 is 0. The van der Waals surface area contributed by atoms with Crippen molar-refractivity contribution >= 4 is 0 Å². The predicted molar refractivity (Wildman–Crippen MR) is 110 cm³/mol. The zero-order chi connectivity index (χ0) is 20.2. The lowest BCUT2D eigenvalue weighted by atomic mass is 9.81. The van der Waals surface area contributed by atoms with E-state index >= 15 is 0 Å². The maximum absolute atomic E-state index is 13.8. The molecule has 2 N–H and O–H groups in total. The van der Waals surface area contributed by atoms with Crippen LogP contribution in [0.2, 0.25) is 0 Å². The van der Waals surface area contributed by atoms with Crippen LogP contribution in [0.4, 0.5) is 8.78 Å². The van der Waals surface area contributed by atoms with Crippen molar-refractivity contribution in [3.63, 3.8) is 0 Å². The number of piperidine rings is 1. The molecule has 29 heavy (non-hydrogen) atoms. The summed E-state index contributed by atoms with van der Waals surface area (Å²) in [4.78, 5) is 2.48. The van der Waals surface area contributed by atoms with Crippen molar-refractivity contribution < 1.29 is 13.5 Å². The molecule has 156 valence electrons. The first-order valence-corrected chi connectivity index (χ1v) is 10.5. The minimum atomic E-state index is -0.791. The molecule has 2 aliphatic heterocycles. The number of nitrogens with one attached hydrogen (secondary N) is 2. The molecule has 0 aromatic heterocycles. The molecule has 3 atom stereocenters. The van der Waals surface area contributed by atoms with Crippen LogP contribution in [0.15, 0.2) is 42.5 Å². The number of ether oxygens (including phenoxy) is 1. The number of nitrogens with zero attached hydrogens (tertiary/aromatic N) is 1. The van der Waals surface area contributed by atoms with Gasteiger partial charge in [0.1, 0.15) is 5.75 Å². The van der Waals surface area contributed by atoms with Gasteiger partial charge >= 0.3 is 0 Å². The van der Waals surface area contributed by atoms with Crippen molar-refractivity contribution in [1.82, 2.24) is 15.8 Å². The first kappa shape index (κ1) is 20.3. The summed E-state index contributed by atoms with van der Waals surface area (Å²) in [6.45, 7) is 6.28. The molecule has 0 spiro atoms. The standard InChI is InChI=1S/C23H29F2N3O/c1-2-29-22-8-4-3-6-17(22)14-28-11-5-7-18(15-28)23-19(13-26-27-23)16-9-10-20(24)21(25)12-16/h3-4,6,8-10,12,18-19,23,26-27H,2,5,7,11,13-15H2,1H3. The Morgan fingerprint density at radius 2 is 2.00 bits per heavy atom. The van der Waals surface area contributed by atoms with Crippen LogP contribution in [0.3, 0.4) is 0 Å². The van der Waals surface area contributed by atoms with Crippen molar-refractivity contribution in [3.05, 3.63) is 65.2 Å². The third-order valence-electron chi connectivity index (χ3n) is 6.11. The van der Waals surface area contributed by atoms with Gasteiger partial charge < -0.3 is 4.74 Å². The third-order valence-corrected chi connectivity index (χ3v) is 6.11. The Morgan fingerprint density at radius 3 is 2.83 bits per heavy atom. The van der Waals surface area contributed by atoms with Crippen molar-refractivity contribution in [2.75, 3.05) is 26.2 Å². The zero-order valence-electron chi connectivity index (χ0n) is 16.8. The van der Waals surface area contributed by atoms with E-state index in [0.717, 1.165) is 50.3 Å². The SMILES string of the molecule is CCOc1ccccc1CN1CCCC(C2NNCC2c2ccc(F)c(F)c2)C1. The van der Waals surface area contributed by atoms with Gasteiger partial charge in [0.05, 0.1) is 6.61 Å². The number of halogens is 2. The Bertz CT molecular complexity index is 832. The summed E-state index contributed by atoms with van der Waals surface area (Å²) in [5, 5.41) is 0. The molecule has 2 aromatic carbocycles. The zero-order valence-corrected chi connectivity index (χ0v) is 16.8. The van der Waals surface area contributed by atoms with Crippen LogP contribution in [0, 0.1) is 17.6 Å². The molecule has 0 saturated carbocycles.